The standard InChI is InChI=1S/C25H40N6O3/c1-20(2)16-27-9-5-21(6-10-27)17-28-12-14-29(15-13-28)19-31-8-3-4-22(24(31)33)18-30-11-7-23(32)26-25(30)34/h3-4,8,20-21H,5-7,9-19H2,1-2H3,(H,26,32,34). The van der Waals surface area contributed by atoms with Gasteiger partial charge in [0.25, 0.3) is 5.56 Å². The van der Waals surface area contributed by atoms with Crippen LogP contribution in [0.3, 0.4) is 0 Å². The van der Waals surface area contributed by atoms with Crippen LogP contribution in [0.4, 0.5) is 4.79 Å². The number of amides is 3. The highest BCUT2D eigenvalue weighted by atomic mass is 16.2. The van der Waals surface area contributed by atoms with Crippen molar-refractivity contribution in [2.45, 2.75) is 46.3 Å². The number of urea groups is 1. The molecule has 34 heavy (non-hydrogen) atoms. The molecule has 4 rings (SSSR count). The second kappa shape index (κ2) is 11.5. The van der Waals surface area contributed by atoms with Crippen LogP contribution >= 0.6 is 0 Å². The summed E-state index contributed by atoms with van der Waals surface area (Å²) in [4.78, 5) is 45.4. The smallest absolute Gasteiger partial charge is 0.319 e. The summed E-state index contributed by atoms with van der Waals surface area (Å²) < 4.78 is 1.74. The molecule has 0 saturated carbocycles. The molecule has 0 unspecified atom stereocenters. The predicted molar refractivity (Wildman–Crippen MR) is 131 cm³/mol. The monoisotopic (exact) mass is 472 g/mol. The van der Waals surface area contributed by atoms with Gasteiger partial charge in [-0.15, -0.1) is 0 Å². The molecule has 0 spiro atoms. The second-order valence-corrected chi connectivity index (χ2v) is 10.5. The summed E-state index contributed by atoms with van der Waals surface area (Å²) in [5.74, 6) is 1.28. The molecule has 1 aromatic heterocycles. The lowest BCUT2D eigenvalue weighted by Gasteiger charge is -2.39. The van der Waals surface area contributed by atoms with E-state index in [9.17, 15) is 14.4 Å². The van der Waals surface area contributed by atoms with E-state index in [1.807, 2.05) is 12.3 Å². The van der Waals surface area contributed by atoms with Gasteiger partial charge in [-0.2, -0.15) is 0 Å². The number of hydrogen-bond acceptors (Lipinski definition) is 6. The lowest BCUT2D eigenvalue weighted by Crippen LogP contribution is -2.50. The lowest BCUT2D eigenvalue weighted by molar-refractivity contribution is -0.121. The highest BCUT2D eigenvalue weighted by molar-refractivity contribution is 5.96. The Bertz CT molecular complexity index is 900. The number of carbonyl (C=O) groups is 2. The minimum atomic E-state index is -0.423. The van der Waals surface area contributed by atoms with Gasteiger partial charge < -0.3 is 19.3 Å². The van der Waals surface area contributed by atoms with Crippen LogP contribution in [0.2, 0.25) is 0 Å². The quantitative estimate of drug-likeness (QED) is 0.613. The third-order valence-electron chi connectivity index (χ3n) is 7.27. The zero-order valence-corrected chi connectivity index (χ0v) is 20.7. The summed E-state index contributed by atoms with van der Waals surface area (Å²) in [5, 5.41) is 2.32. The molecule has 3 aliphatic heterocycles. The van der Waals surface area contributed by atoms with Gasteiger partial charge in [0.15, 0.2) is 0 Å². The van der Waals surface area contributed by atoms with E-state index in [2.05, 4.69) is 33.9 Å². The van der Waals surface area contributed by atoms with E-state index >= 15 is 0 Å². The van der Waals surface area contributed by atoms with Crippen LogP contribution in [0, 0.1) is 11.8 Å². The number of nitrogens with one attached hydrogen (secondary N) is 1. The third kappa shape index (κ3) is 6.67. The number of pyridine rings is 1. The van der Waals surface area contributed by atoms with Crippen LogP contribution in [-0.4, -0.2) is 95.0 Å². The van der Waals surface area contributed by atoms with Crippen molar-refractivity contribution in [1.29, 1.82) is 0 Å². The Morgan fingerprint density at radius 1 is 0.941 bits per heavy atom. The molecule has 0 atom stereocenters. The van der Waals surface area contributed by atoms with Crippen LogP contribution < -0.4 is 10.9 Å². The van der Waals surface area contributed by atoms with Gasteiger partial charge in [-0.3, -0.25) is 19.8 Å². The number of piperidine rings is 1. The Balaban J connectivity index is 1.23. The second-order valence-electron chi connectivity index (χ2n) is 10.5. The molecule has 9 heteroatoms. The Morgan fingerprint density at radius 2 is 1.65 bits per heavy atom. The average Bonchev–Trinajstić information content (AvgIpc) is 2.80. The Morgan fingerprint density at radius 3 is 2.32 bits per heavy atom. The lowest BCUT2D eigenvalue weighted by atomic mass is 9.95. The van der Waals surface area contributed by atoms with E-state index in [4.69, 9.17) is 0 Å². The molecule has 1 N–H and O–H groups in total. The minimum Gasteiger partial charge on any atom is -0.319 e. The summed E-state index contributed by atoms with van der Waals surface area (Å²) in [6.45, 7) is 14.6. The molecule has 0 bridgehead atoms. The zero-order chi connectivity index (χ0) is 24.1. The predicted octanol–water partition coefficient (Wildman–Crippen LogP) is 1.23. The molecule has 0 aromatic carbocycles. The summed E-state index contributed by atoms with van der Waals surface area (Å²) in [6.07, 6.45) is 4.70. The van der Waals surface area contributed by atoms with Crippen molar-refractivity contribution in [1.82, 2.24) is 29.5 Å². The number of likely N-dealkylation sites (tertiary alicyclic amines) is 1. The van der Waals surface area contributed by atoms with Gasteiger partial charge in [-0.05, 0) is 43.8 Å². The Labute approximate surface area is 202 Å². The van der Waals surface area contributed by atoms with Crippen LogP contribution in [0.15, 0.2) is 23.1 Å². The maximum atomic E-state index is 13.0. The van der Waals surface area contributed by atoms with E-state index in [-0.39, 0.29) is 24.4 Å². The number of nitrogens with zero attached hydrogens (tertiary/aromatic N) is 5. The molecular weight excluding hydrogens is 432 g/mol. The topological polar surface area (TPSA) is 81.1 Å². The summed E-state index contributed by atoms with van der Waals surface area (Å²) in [5.41, 5.74) is 0.511. The average molecular weight is 473 g/mol. The van der Waals surface area contributed by atoms with Gasteiger partial charge in [0.2, 0.25) is 5.91 Å². The van der Waals surface area contributed by atoms with E-state index in [0.717, 1.165) is 38.0 Å². The van der Waals surface area contributed by atoms with Crippen molar-refractivity contribution < 1.29 is 9.59 Å². The normalized spacial score (nSPS) is 21.9. The molecule has 9 nitrogen and oxygen atoms in total. The minimum absolute atomic E-state index is 0.0669. The molecular formula is C25H40N6O3. The number of aromatic nitrogens is 1. The highest BCUT2D eigenvalue weighted by Crippen LogP contribution is 2.20. The number of rotatable bonds is 8. The fourth-order valence-electron chi connectivity index (χ4n) is 5.34. The maximum Gasteiger partial charge on any atom is 0.324 e. The van der Waals surface area contributed by atoms with Crippen molar-refractivity contribution in [2.75, 3.05) is 58.9 Å². The van der Waals surface area contributed by atoms with Crippen molar-refractivity contribution in [3.63, 3.8) is 0 Å². The molecule has 0 aliphatic carbocycles. The maximum absolute atomic E-state index is 13.0. The van der Waals surface area contributed by atoms with Crippen molar-refractivity contribution in [3.8, 4) is 0 Å². The Hall–Kier alpha value is -2.23. The van der Waals surface area contributed by atoms with E-state index in [0.29, 0.717) is 18.8 Å². The summed E-state index contributed by atoms with van der Waals surface area (Å²) in [7, 11) is 0. The third-order valence-corrected chi connectivity index (χ3v) is 7.27. The fraction of sp³-hybridized carbons (Fsp3) is 0.720. The van der Waals surface area contributed by atoms with Gasteiger partial charge in [-0.25, -0.2) is 4.79 Å². The molecule has 1 aromatic rings. The van der Waals surface area contributed by atoms with E-state index < -0.39 is 6.03 Å². The molecule has 4 heterocycles. The van der Waals surface area contributed by atoms with Gasteiger partial charge in [0.1, 0.15) is 0 Å². The van der Waals surface area contributed by atoms with E-state index in [1.165, 1.54) is 43.9 Å². The number of piperazine rings is 1. The van der Waals surface area contributed by atoms with Crippen molar-refractivity contribution in [2.24, 2.45) is 11.8 Å². The van der Waals surface area contributed by atoms with Crippen molar-refractivity contribution in [3.05, 3.63) is 34.2 Å². The SMILES string of the molecule is CC(C)CN1CCC(CN2CCN(Cn3cccc(CN4CCC(=O)NC4=O)c3=O)CC2)CC1. The van der Waals surface area contributed by atoms with Gasteiger partial charge in [0, 0.05) is 64.0 Å². The highest BCUT2D eigenvalue weighted by Gasteiger charge is 2.26. The first kappa shape index (κ1) is 24.9. The van der Waals surface area contributed by atoms with Gasteiger partial charge in [-0.1, -0.05) is 19.9 Å². The number of hydrogen-bond donors (Lipinski definition) is 1. The first-order valence-electron chi connectivity index (χ1n) is 12.8. The van der Waals surface area contributed by atoms with E-state index in [1.54, 1.807) is 10.6 Å². The first-order valence-corrected chi connectivity index (χ1v) is 12.8. The fourth-order valence-corrected chi connectivity index (χ4v) is 5.34. The van der Waals surface area contributed by atoms with Gasteiger partial charge in [0.05, 0.1) is 13.2 Å². The molecule has 3 aliphatic rings. The first-order chi connectivity index (χ1) is 16.4. The van der Waals surface area contributed by atoms with Gasteiger partial charge >= 0.3 is 6.03 Å². The van der Waals surface area contributed by atoms with Crippen LogP contribution in [0.25, 0.3) is 0 Å². The molecule has 3 amide bonds. The molecule has 3 saturated heterocycles. The van der Waals surface area contributed by atoms with Crippen LogP contribution in [0.1, 0.15) is 38.7 Å². The molecule has 0 radical (unpaired) electrons. The largest absolute Gasteiger partial charge is 0.324 e. The molecule has 3 fully saturated rings. The van der Waals surface area contributed by atoms with Crippen molar-refractivity contribution >= 4 is 11.9 Å². The van der Waals surface area contributed by atoms with Crippen LogP contribution in [0.5, 0.6) is 0 Å². The zero-order valence-electron chi connectivity index (χ0n) is 20.7. The Kier molecular flexibility index (Phi) is 8.39. The summed E-state index contributed by atoms with van der Waals surface area (Å²) in [6, 6.07) is 3.21. The summed E-state index contributed by atoms with van der Waals surface area (Å²) >= 11 is 0. The van der Waals surface area contributed by atoms with Crippen LogP contribution in [-0.2, 0) is 18.0 Å². The number of carbonyl (C=O) groups excluding carboxylic acids is 2. The number of imide groups is 1. The molecule has 188 valence electrons.